The van der Waals surface area contributed by atoms with Crippen LogP contribution in [0.25, 0.3) is 0 Å². The molecule has 0 bridgehead atoms. The minimum absolute atomic E-state index is 0.480. The SMILES string of the molecule is CNC(=S)N/N=C\c1cnn(Cc2ccccc2)c1. The van der Waals surface area contributed by atoms with Crippen LogP contribution in [0.4, 0.5) is 0 Å². The van der Waals surface area contributed by atoms with Gasteiger partial charge in [0, 0.05) is 18.8 Å². The van der Waals surface area contributed by atoms with Crippen molar-refractivity contribution >= 4 is 23.5 Å². The van der Waals surface area contributed by atoms with Gasteiger partial charge in [0.25, 0.3) is 0 Å². The van der Waals surface area contributed by atoms with Gasteiger partial charge in [0.05, 0.1) is 19.0 Å². The van der Waals surface area contributed by atoms with Gasteiger partial charge >= 0.3 is 0 Å². The molecule has 0 aliphatic heterocycles. The van der Waals surface area contributed by atoms with E-state index in [-0.39, 0.29) is 0 Å². The zero-order chi connectivity index (χ0) is 13.5. The Morgan fingerprint density at radius 1 is 1.42 bits per heavy atom. The lowest BCUT2D eigenvalue weighted by Crippen LogP contribution is -2.28. The number of rotatable bonds is 4. The van der Waals surface area contributed by atoms with Crippen molar-refractivity contribution in [2.24, 2.45) is 5.10 Å². The lowest BCUT2D eigenvalue weighted by Gasteiger charge is -2.00. The number of hydrogen-bond acceptors (Lipinski definition) is 3. The van der Waals surface area contributed by atoms with E-state index in [0.717, 1.165) is 12.1 Å². The van der Waals surface area contributed by atoms with E-state index in [0.29, 0.717) is 5.11 Å². The van der Waals surface area contributed by atoms with Gasteiger partial charge in [0.1, 0.15) is 0 Å². The maximum atomic E-state index is 4.91. The van der Waals surface area contributed by atoms with Crippen molar-refractivity contribution in [3.63, 3.8) is 0 Å². The average Bonchev–Trinajstić information content (AvgIpc) is 2.87. The molecule has 0 amide bonds. The van der Waals surface area contributed by atoms with Crippen LogP contribution in [0.1, 0.15) is 11.1 Å². The summed E-state index contributed by atoms with van der Waals surface area (Å²) in [6, 6.07) is 10.2. The topological polar surface area (TPSA) is 54.2 Å². The smallest absolute Gasteiger partial charge is 0.186 e. The Labute approximate surface area is 117 Å². The summed E-state index contributed by atoms with van der Waals surface area (Å²) in [5.41, 5.74) is 4.82. The quantitative estimate of drug-likeness (QED) is 0.502. The van der Waals surface area contributed by atoms with Gasteiger partial charge in [0.15, 0.2) is 5.11 Å². The first-order valence-corrected chi connectivity index (χ1v) is 6.26. The number of nitrogens with zero attached hydrogens (tertiary/aromatic N) is 3. The summed E-state index contributed by atoms with van der Waals surface area (Å²) in [6.45, 7) is 0.747. The van der Waals surface area contributed by atoms with E-state index >= 15 is 0 Å². The molecule has 5 nitrogen and oxygen atoms in total. The maximum absolute atomic E-state index is 4.91. The summed E-state index contributed by atoms with van der Waals surface area (Å²) in [7, 11) is 1.74. The first-order valence-electron chi connectivity index (χ1n) is 5.85. The van der Waals surface area contributed by atoms with E-state index in [9.17, 15) is 0 Å². The molecule has 6 heteroatoms. The first kappa shape index (κ1) is 13.2. The lowest BCUT2D eigenvalue weighted by atomic mass is 10.2. The van der Waals surface area contributed by atoms with Gasteiger partial charge in [-0.3, -0.25) is 10.1 Å². The Morgan fingerprint density at radius 2 is 2.21 bits per heavy atom. The highest BCUT2D eigenvalue weighted by atomic mass is 32.1. The third-order valence-corrected chi connectivity index (χ3v) is 2.74. The minimum Gasteiger partial charge on any atom is -0.364 e. The molecule has 0 unspecified atom stereocenters. The molecule has 0 aliphatic rings. The molecule has 0 atom stereocenters. The number of nitrogens with one attached hydrogen (secondary N) is 2. The Bertz CT molecular complexity index is 561. The summed E-state index contributed by atoms with van der Waals surface area (Å²) < 4.78 is 1.87. The van der Waals surface area contributed by atoms with Gasteiger partial charge in [0.2, 0.25) is 0 Å². The van der Waals surface area contributed by atoms with Crippen LogP contribution in [0, 0.1) is 0 Å². The second kappa shape index (κ2) is 6.65. The van der Waals surface area contributed by atoms with Crippen LogP contribution in [-0.2, 0) is 6.54 Å². The highest BCUT2D eigenvalue weighted by Gasteiger charge is 1.97. The van der Waals surface area contributed by atoms with Crippen LogP contribution in [0.3, 0.4) is 0 Å². The third kappa shape index (κ3) is 4.18. The zero-order valence-electron chi connectivity index (χ0n) is 10.6. The highest BCUT2D eigenvalue weighted by Crippen LogP contribution is 2.02. The molecule has 0 saturated carbocycles. The zero-order valence-corrected chi connectivity index (χ0v) is 11.4. The fourth-order valence-electron chi connectivity index (χ4n) is 1.52. The van der Waals surface area contributed by atoms with Crippen LogP contribution in [0.5, 0.6) is 0 Å². The van der Waals surface area contributed by atoms with Gasteiger partial charge in [-0.15, -0.1) is 0 Å². The van der Waals surface area contributed by atoms with Crippen LogP contribution in [0.15, 0.2) is 47.8 Å². The molecule has 0 spiro atoms. The van der Waals surface area contributed by atoms with Crippen molar-refractivity contribution in [3.05, 3.63) is 53.9 Å². The molecule has 1 aromatic heterocycles. The van der Waals surface area contributed by atoms with Crippen molar-refractivity contribution in [2.75, 3.05) is 7.05 Å². The van der Waals surface area contributed by atoms with Crippen LogP contribution >= 0.6 is 12.2 Å². The van der Waals surface area contributed by atoms with Crippen LogP contribution in [-0.4, -0.2) is 28.2 Å². The summed E-state index contributed by atoms with van der Waals surface area (Å²) in [5, 5.41) is 11.5. The van der Waals surface area contributed by atoms with E-state index in [1.807, 2.05) is 29.1 Å². The standard InChI is InChI=1S/C13H15N5S/c1-14-13(19)17-15-7-12-8-16-18(10-12)9-11-5-3-2-4-6-11/h2-8,10H,9H2,1H3,(H2,14,17,19)/b15-7-. The monoisotopic (exact) mass is 273 g/mol. The number of hydrazone groups is 1. The molecule has 0 aliphatic carbocycles. The van der Waals surface area contributed by atoms with E-state index in [4.69, 9.17) is 12.2 Å². The molecular weight excluding hydrogens is 258 g/mol. The van der Waals surface area contributed by atoms with Crippen molar-refractivity contribution < 1.29 is 0 Å². The van der Waals surface area contributed by atoms with Gasteiger partial charge in [-0.2, -0.15) is 10.2 Å². The van der Waals surface area contributed by atoms with Gasteiger partial charge in [-0.1, -0.05) is 30.3 Å². The van der Waals surface area contributed by atoms with E-state index in [2.05, 4.69) is 33.1 Å². The molecule has 0 radical (unpaired) electrons. The third-order valence-electron chi connectivity index (χ3n) is 2.45. The largest absolute Gasteiger partial charge is 0.364 e. The van der Waals surface area contributed by atoms with Crippen molar-refractivity contribution in [3.8, 4) is 0 Å². The Morgan fingerprint density at radius 3 is 2.95 bits per heavy atom. The Hall–Kier alpha value is -2.21. The van der Waals surface area contributed by atoms with Gasteiger partial charge < -0.3 is 5.32 Å². The first-order chi connectivity index (χ1) is 9.28. The Kier molecular flexibility index (Phi) is 4.63. The molecule has 2 rings (SSSR count). The number of aromatic nitrogens is 2. The molecule has 98 valence electrons. The number of thiocarbonyl (C=S) groups is 1. The second-order valence-electron chi connectivity index (χ2n) is 3.91. The van der Waals surface area contributed by atoms with Crippen molar-refractivity contribution in [1.82, 2.24) is 20.5 Å². The Balaban J connectivity index is 1.94. The van der Waals surface area contributed by atoms with E-state index < -0.39 is 0 Å². The molecule has 0 saturated heterocycles. The van der Waals surface area contributed by atoms with Gasteiger partial charge in [-0.05, 0) is 17.8 Å². The molecule has 2 N–H and O–H groups in total. The molecule has 0 fully saturated rings. The van der Waals surface area contributed by atoms with Gasteiger partial charge in [-0.25, -0.2) is 0 Å². The number of hydrogen-bond donors (Lipinski definition) is 2. The molecule has 1 aromatic carbocycles. The predicted octanol–water partition coefficient (Wildman–Crippen LogP) is 1.36. The predicted molar refractivity (Wildman–Crippen MR) is 80.2 cm³/mol. The van der Waals surface area contributed by atoms with Crippen molar-refractivity contribution in [2.45, 2.75) is 6.54 Å². The molecule has 1 heterocycles. The fourth-order valence-corrected chi connectivity index (χ4v) is 1.58. The lowest BCUT2D eigenvalue weighted by molar-refractivity contribution is 0.687. The van der Waals surface area contributed by atoms with Crippen LogP contribution in [0.2, 0.25) is 0 Å². The average molecular weight is 273 g/mol. The summed E-state index contributed by atoms with van der Waals surface area (Å²) >= 11 is 4.91. The summed E-state index contributed by atoms with van der Waals surface area (Å²) in [6.07, 6.45) is 5.37. The summed E-state index contributed by atoms with van der Waals surface area (Å²) in [5.74, 6) is 0. The molecule has 2 aromatic rings. The molecule has 19 heavy (non-hydrogen) atoms. The minimum atomic E-state index is 0.480. The molecular formula is C13H15N5S. The normalized spacial score (nSPS) is 10.6. The van der Waals surface area contributed by atoms with E-state index in [1.54, 1.807) is 19.5 Å². The van der Waals surface area contributed by atoms with Crippen LogP contribution < -0.4 is 10.7 Å². The van der Waals surface area contributed by atoms with Crippen molar-refractivity contribution in [1.29, 1.82) is 0 Å². The second-order valence-corrected chi connectivity index (χ2v) is 4.31. The fraction of sp³-hybridized carbons (Fsp3) is 0.154. The summed E-state index contributed by atoms with van der Waals surface area (Å²) in [4.78, 5) is 0. The highest BCUT2D eigenvalue weighted by molar-refractivity contribution is 7.80. The van der Waals surface area contributed by atoms with E-state index in [1.165, 1.54) is 5.56 Å². The maximum Gasteiger partial charge on any atom is 0.186 e. The number of benzene rings is 1.